The van der Waals surface area contributed by atoms with E-state index in [1.807, 2.05) is 18.2 Å². The summed E-state index contributed by atoms with van der Waals surface area (Å²) in [4.78, 5) is 13.1. The maximum absolute atomic E-state index is 13.1. The Bertz CT molecular complexity index is 1110. The first kappa shape index (κ1) is 30.1. The minimum atomic E-state index is -0.0717. The Morgan fingerprint density at radius 3 is 2.10 bits per heavy atom. The third kappa shape index (κ3) is 9.36. The molecule has 0 heterocycles. The van der Waals surface area contributed by atoms with Crippen LogP contribution in [-0.2, 0) is 11.2 Å². The van der Waals surface area contributed by atoms with Crippen LogP contribution in [0.25, 0.3) is 11.1 Å². The van der Waals surface area contributed by atoms with Gasteiger partial charge in [0.2, 0.25) is 0 Å². The molecule has 4 rings (SSSR count). The number of ether oxygens (including phenoxy) is 1. The van der Waals surface area contributed by atoms with E-state index in [0.717, 1.165) is 38.0 Å². The van der Waals surface area contributed by atoms with Crippen molar-refractivity contribution in [3.05, 3.63) is 90.0 Å². The summed E-state index contributed by atoms with van der Waals surface area (Å²) in [6, 6.07) is 27.8. The molecule has 0 spiro atoms. The monoisotopic (exact) mass is 538 g/mol. The summed E-state index contributed by atoms with van der Waals surface area (Å²) in [6.07, 6.45) is 17.0. The van der Waals surface area contributed by atoms with E-state index < -0.39 is 0 Å². The zero-order valence-electron chi connectivity index (χ0n) is 25.0. The Hall–Kier alpha value is -2.87. The Morgan fingerprint density at radius 1 is 0.725 bits per heavy atom. The van der Waals surface area contributed by atoms with E-state index in [1.54, 1.807) is 0 Å². The molecule has 3 aromatic rings. The summed E-state index contributed by atoms with van der Waals surface area (Å²) in [7, 11) is 0. The van der Waals surface area contributed by atoms with Crippen LogP contribution in [0, 0.1) is 11.8 Å². The molecule has 2 nitrogen and oxygen atoms in total. The van der Waals surface area contributed by atoms with E-state index in [9.17, 15) is 4.79 Å². The van der Waals surface area contributed by atoms with Gasteiger partial charge in [-0.05, 0) is 97.6 Å². The zero-order valence-corrected chi connectivity index (χ0v) is 25.0. The molecule has 2 heteroatoms. The van der Waals surface area contributed by atoms with Crippen LogP contribution in [0.4, 0.5) is 0 Å². The highest BCUT2D eigenvalue weighted by atomic mass is 16.5. The molecule has 0 saturated heterocycles. The Morgan fingerprint density at radius 2 is 1.43 bits per heavy atom. The second-order valence-electron chi connectivity index (χ2n) is 12.0. The predicted octanol–water partition coefficient (Wildman–Crippen LogP) is 10.9. The first-order valence-corrected chi connectivity index (χ1v) is 16.1. The number of carbonyl (C=O) groups excluding carboxylic acids is 1. The number of aryl methyl sites for hydroxylation is 1. The molecule has 1 atom stereocenters. The Balaban J connectivity index is 1.21. The van der Waals surface area contributed by atoms with E-state index >= 15 is 0 Å². The second kappa shape index (κ2) is 16.4. The van der Waals surface area contributed by atoms with Gasteiger partial charge in [0.1, 0.15) is 5.75 Å². The lowest BCUT2D eigenvalue weighted by atomic mass is 9.77. The van der Waals surface area contributed by atoms with Crippen LogP contribution in [0.1, 0.15) is 114 Å². The third-order valence-corrected chi connectivity index (χ3v) is 8.93. The number of hydrogen-bond acceptors (Lipinski definition) is 2. The van der Waals surface area contributed by atoms with Gasteiger partial charge in [0.15, 0.2) is 0 Å². The first-order valence-electron chi connectivity index (χ1n) is 16.1. The van der Waals surface area contributed by atoms with Crippen molar-refractivity contribution in [1.29, 1.82) is 0 Å². The van der Waals surface area contributed by atoms with Gasteiger partial charge in [0.05, 0.1) is 5.92 Å². The molecule has 0 N–H and O–H groups in total. The van der Waals surface area contributed by atoms with Crippen molar-refractivity contribution in [3.8, 4) is 16.9 Å². The smallest absolute Gasteiger partial charge is 0.314 e. The Labute approximate surface area is 243 Å². The number of rotatable bonds is 15. The van der Waals surface area contributed by atoms with Crippen LogP contribution in [0.2, 0.25) is 0 Å². The van der Waals surface area contributed by atoms with Gasteiger partial charge in [-0.25, -0.2) is 0 Å². The molecule has 1 aliphatic carbocycles. The van der Waals surface area contributed by atoms with Crippen molar-refractivity contribution >= 4 is 5.97 Å². The van der Waals surface area contributed by atoms with E-state index in [2.05, 4.69) is 74.5 Å². The summed E-state index contributed by atoms with van der Waals surface area (Å²) in [6.45, 7) is 4.44. The highest BCUT2D eigenvalue weighted by Gasteiger charge is 2.23. The van der Waals surface area contributed by atoms with Gasteiger partial charge in [-0.2, -0.15) is 0 Å². The van der Waals surface area contributed by atoms with Gasteiger partial charge in [-0.3, -0.25) is 4.79 Å². The largest absolute Gasteiger partial charge is 0.426 e. The normalized spacial score (nSPS) is 17.9. The maximum atomic E-state index is 13.1. The minimum absolute atomic E-state index is 0.0409. The number of hydrogen-bond donors (Lipinski definition) is 0. The van der Waals surface area contributed by atoms with Crippen LogP contribution in [0.15, 0.2) is 78.9 Å². The standard InChI is InChI=1S/C38H50O2/c1-3-5-6-8-13-30-18-24-34(25-19-30)35-26-28-37(29-27-35)40-38(39)36(12-4-2)17-11-14-31-20-22-33(23-21-31)32-15-9-7-10-16-32/h7,9-10,15-16,20-23,26-30,34,36H,3-6,8,11-14,17-19,24-25H2,1-2H3/t30-,34-,36?. The lowest BCUT2D eigenvalue weighted by Crippen LogP contribution is -2.21. The fraction of sp³-hybridized carbons (Fsp3) is 0.500. The SMILES string of the molecule is CCCCCC[C@H]1CC[C@H](c2ccc(OC(=O)C(CCC)CCCc3ccc(-c4ccccc4)cc3)cc2)CC1. The van der Waals surface area contributed by atoms with Gasteiger partial charge in [0, 0.05) is 0 Å². The topological polar surface area (TPSA) is 26.3 Å². The average Bonchev–Trinajstić information content (AvgIpc) is 3.00. The van der Waals surface area contributed by atoms with E-state index in [0.29, 0.717) is 11.7 Å². The summed E-state index contributed by atoms with van der Waals surface area (Å²) in [5, 5.41) is 0. The summed E-state index contributed by atoms with van der Waals surface area (Å²) >= 11 is 0. The molecule has 0 aromatic heterocycles. The number of carbonyl (C=O) groups is 1. The van der Waals surface area contributed by atoms with Crippen molar-refractivity contribution in [3.63, 3.8) is 0 Å². The van der Waals surface area contributed by atoms with Gasteiger partial charge in [0.25, 0.3) is 0 Å². The van der Waals surface area contributed by atoms with Crippen LogP contribution < -0.4 is 4.74 Å². The fourth-order valence-electron chi connectivity index (χ4n) is 6.43. The molecule has 0 bridgehead atoms. The van der Waals surface area contributed by atoms with Gasteiger partial charge < -0.3 is 4.74 Å². The van der Waals surface area contributed by atoms with Crippen molar-refractivity contribution < 1.29 is 9.53 Å². The van der Waals surface area contributed by atoms with Crippen molar-refractivity contribution in [1.82, 2.24) is 0 Å². The van der Waals surface area contributed by atoms with Crippen molar-refractivity contribution in [2.45, 2.75) is 110 Å². The lowest BCUT2D eigenvalue weighted by Gasteiger charge is -2.29. The van der Waals surface area contributed by atoms with Crippen molar-refractivity contribution in [2.24, 2.45) is 11.8 Å². The highest BCUT2D eigenvalue weighted by Crippen LogP contribution is 2.38. The predicted molar refractivity (Wildman–Crippen MR) is 169 cm³/mol. The zero-order chi connectivity index (χ0) is 28.0. The molecule has 40 heavy (non-hydrogen) atoms. The summed E-state index contributed by atoms with van der Waals surface area (Å²) in [5.74, 6) is 2.16. The summed E-state index contributed by atoms with van der Waals surface area (Å²) < 4.78 is 5.88. The molecule has 1 saturated carbocycles. The van der Waals surface area contributed by atoms with E-state index in [1.165, 1.54) is 80.0 Å². The van der Waals surface area contributed by atoms with E-state index in [-0.39, 0.29) is 11.9 Å². The molecular formula is C38H50O2. The number of unbranched alkanes of at least 4 members (excludes halogenated alkanes) is 3. The molecule has 0 radical (unpaired) electrons. The quantitative estimate of drug-likeness (QED) is 0.109. The molecule has 0 amide bonds. The number of esters is 1. The molecule has 3 aromatic carbocycles. The van der Waals surface area contributed by atoms with Crippen molar-refractivity contribution in [2.75, 3.05) is 0 Å². The average molecular weight is 539 g/mol. The van der Waals surface area contributed by atoms with E-state index in [4.69, 9.17) is 4.74 Å². The minimum Gasteiger partial charge on any atom is -0.426 e. The maximum Gasteiger partial charge on any atom is 0.314 e. The van der Waals surface area contributed by atoms with Crippen LogP contribution >= 0.6 is 0 Å². The molecule has 1 aliphatic rings. The fourth-order valence-corrected chi connectivity index (χ4v) is 6.43. The Kier molecular flexibility index (Phi) is 12.3. The number of benzene rings is 3. The third-order valence-electron chi connectivity index (χ3n) is 8.93. The van der Waals surface area contributed by atoms with Gasteiger partial charge in [-0.15, -0.1) is 0 Å². The molecular weight excluding hydrogens is 488 g/mol. The van der Waals surface area contributed by atoms with Crippen LogP contribution in [0.5, 0.6) is 5.75 Å². The molecule has 1 fully saturated rings. The van der Waals surface area contributed by atoms with Gasteiger partial charge >= 0.3 is 5.97 Å². The summed E-state index contributed by atoms with van der Waals surface area (Å²) in [5.41, 5.74) is 5.22. The first-order chi connectivity index (χ1) is 19.7. The second-order valence-corrected chi connectivity index (χ2v) is 12.0. The van der Waals surface area contributed by atoms with Gasteiger partial charge in [-0.1, -0.05) is 119 Å². The van der Waals surface area contributed by atoms with Crippen LogP contribution in [-0.4, -0.2) is 5.97 Å². The molecule has 214 valence electrons. The highest BCUT2D eigenvalue weighted by molar-refractivity contribution is 5.75. The molecule has 0 aliphatic heterocycles. The lowest BCUT2D eigenvalue weighted by molar-refractivity contribution is -0.139. The molecule has 1 unspecified atom stereocenters. The van der Waals surface area contributed by atoms with Crippen LogP contribution in [0.3, 0.4) is 0 Å².